The first-order valence-electron chi connectivity index (χ1n) is 10.8. The van der Waals surface area contributed by atoms with Crippen LogP contribution < -0.4 is 10.1 Å². The maximum Gasteiger partial charge on any atom is 0.225 e. The average Bonchev–Trinajstić information content (AvgIpc) is 2.72. The van der Waals surface area contributed by atoms with Crippen molar-refractivity contribution in [2.45, 2.75) is 71.3 Å². The first-order valence-corrected chi connectivity index (χ1v) is 10.8. The van der Waals surface area contributed by atoms with Crippen LogP contribution in [0.2, 0.25) is 0 Å². The van der Waals surface area contributed by atoms with Gasteiger partial charge in [-0.1, -0.05) is 31.4 Å². The Labute approximate surface area is 168 Å². The van der Waals surface area contributed by atoms with E-state index in [0.717, 1.165) is 50.1 Å². The van der Waals surface area contributed by atoms with Crippen LogP contribution in [0.1, 0.15) is 62.5 Å². The summed E-state index contributed by atoms with van der Waals surface area (Å²) in [7, 11) is 0. The average molecular weight is 387 g/mol. The van der Waals surface area contributed by atoms with Crippen molar-refractivity contribution in [1.29, 1.82) is 0 Å². The molecule has 1 aliphatic carbocycles. The number of ether oxygens (including phenoxy) is 1. The molecule has 1 heterocycles. The molecule has 2 amide bonds. The molecule has 0 unspecified atom stereocenters. The number of hydrogen-bond acceptors (Lipinski definition) is 3. The van der Waals surface area contributed by atoms with Crippen molar-refractivity contribution in [3.8, 4) is 5.75 Å². The molecule has 0 atom stereocenters. The molecular weight excluding hydrogens is 352 g/mol. The maximum absolute atomic E-state index is 12.5. The summed E-state index contributed by atoms with van der Waals surface area (Å²) >= 11 is 0. The summed E-state index contributed by atoms with van der Waals surface area (Å²) in [5, 5.41) is 3.22. The van der Waals surface area contributed by atoms with Crippen LogP contribution in [0.15, 0.2) is 18.2 Å². The largest absolute Gasteiger partial charge is 0.493 e. The Morgan fingerprint density at radius 3 is 2.50 bits per heavy atom. The highest BCUT2D eigenvalue weighted by Gasteiger charge is 2.27. The van der Waals surface area contributed by atoms with E-state index in [1.54, 1.807) is 0 Å². The number of piperidine rings is 1. The van der Waals surface area contributed by atoms with E-state index in [2.05, 4.69) is 18.3 Å². The van der Waals surface area contributed by atoms with E-state index in [1.165, 1.54) is 24.8 Å². The first-order chi connectivity index (χ1) is 13.5. The molecule has 0 spiro atoms. The summed E-state index contributed by atoms with van der Waals surface area (Å²) in [5.41, 5.74) is 2.32. The summed E-state index contributed by atoms with van der Waals surface area (Å²) in [6.07, 6.45) is 7.77. The number of carbonyl (C=O) groups is 2. The predicted octanol–water partition coefficient (Wildman–Crippen LogP) is 3.76. The van der Waals surface area contributed by atoms with Crippen LogP contribution in [0.25, 0.3) is 0 Å². The zero-order valence-electron chi connectivity index (χ0n) is 17.3. The number of amides is 2. The topological polar surface area (TPSA) is 58.6 Å². The summed E-state index contributed by atoms with van der Waals surface area (Å²) in [5.74, 6) is 1.43. The summed E-state index contributed by atoms with van der Waals surface area (Å²) in [6.45, 7) is 5.95. The van der Waals surface area contributed by atoms with Crippen molar-refractivity contribution in [3.05, 3.63) is 29.3 Å². The van der Waals surface area contributed by atoms with E-state index in [9.17, 15) is 9.59 Å². The molecule has 0 radical (unpaired) electrons. The van der Waals surface area contributed by atoms with Crippen LogP contribution in [0, 0.1) is 19.8 Å². The number of nitrogens with zero attached hydrogens (tertiary/aromatic N) is 1. The van der Waals surface area contributed by atoms with Gasteiger partial charge in [-0.25, -0.2) is 0 Å². The number of rotatable bonds is 6. The lowest BCUT2D eigenvalue weighted by atomic mass is 9.88. The third kappa shape index (κ3) is 5.49. The molecule has 1 saturated carbocycles. The van der Waals surface area contributed by atoms with Crippen LogP contribution in [0.3, 0.4) is 0 Å². The fourth-order valence-electron chi connectivity index (χ4n) is 4.24. The number of aryl methyl sites for hydroxylation is 1. The van der Waals surface area contributed by atoms with Gasteiger partial charge in [0, 0.05) is 25.0 Å². The van der Waals surface area contributed by atoms with Gasteiger partial charge in [-0.05, 0) is 56.7 Å². The minimum atomic E-state index is 0.141. The van der Waals surface area contributed by atoms with Crippen LogP contribution in [0.4, 0.5) is 0 Å². The van der Waals surface area contributed by atoms with E-state index in [-0.39, 0.29) is 23.8 Å². The van der Waals surface area contributed by atoms with Crippen molar-refractivity contribution in [2.24, 2.45) is 5.92 Å². The summed E-state index contributed by atoms with van der Waals surface area (Å²) < 4.78 is 5.82. The molecule has 28 heavy (non-hydrogen) atoms. The van der Waals surface area contributed by atoms with E-state index in [0.29, 0.717) is 13.0 Å². The van der Waals surface area contributed by atoms with Gasteiger partial charge >= 0.3 is 0 Å². The first kappa shape index (κ1) is 20.7. The van der Waals surface area contributed by atoms with Crippen molar-refractivity contribution < 1.29 is 14.3 Å². The standard InChI is InChI=1S/C23H34N2O3/c1-17-7-6-10-21(18(17)2)28-16-13-22(26)25-14-11-20(12-15-25)24-23(27)19-8-4-3-5-9-19/h6-7,10,19-20H,3-5,8-9,11-16H2,1-2H3,(H,24,27). The quantitative estimate of drug-likeness (QED) is 0.810. The fourth-order valence-corrected chi connectivity index (χ4v) is 4.24. The molecule has 2 fully saturated rings. The SMILES string of the molecule is Cc1cccc(OCCC(=O)N2CCC(NC(=O)C3CCCCC3)CC2)c1C. The third-order valence-electron chi connectivity index (χ3n) is 6.30. The van der Waals surface area contributed by atoms with Crippen molar-refractivity contribution >= 4 is 11.8 Å². The Hall–Kier alpha value is -2.04. The van der Waals surface area contributed by atoms with Crippen molar-refractivity contribution in [3.63, 3.8) is 0 Å². The minimum absolute atomic E-state index is 0.141. The summed E-state index contributed by atoms with van der Waals surface area (Å²) in [6, 6.07) is 6.20. The highest BCUT2D eigenvalue weighted by Crippen LogP contribution is 2.24. The minimum Gasteiger partial charge on any atom is -0.493 e. The lowest BCUT2D eigenvalue weighted by molar-refractivity contribution is -0.133. The van der Waals surface area contributed by atoms with Gasteiger partial charge in [-0.15, -0.1) is 0 Å². The van der Waals surface area contributed by atoms with Gasteiger partial charge in [0.05, 0.1) is 13.0 Å². The number of benzene rings is 1. The van der Waals surface area contributed by atoms with Gasteiger partial charge in [0.15, 0.2) is 0 Å². The van der Waals surface area contributed by atoms with E-state index < -0.39 is 0 Å². The second kappa shape index (κ2) is 9.94. The highest BCUT2D eigenvalue weighted by molar-refractivity contribution is 5.79. The van der Waals surface area contributed by atoms with Crippen LogP contribution in [0.5, 0.6) is 5.75 Å². The smallest absolute Gasteiger partial charge is 0.225 e. The third-order valence-corrected chi connectivity index (χ3v) is 6.30. The van der Waals surface area contributed by atoms with Crippen molar-refractivity contribution in [2.75, 3.05) is 19.7 Å². The lowest BCUT2D eigenvalue weighted by Crippen LogP contribution is -2.48. The number of hydrogen-bond donors (Lipinski definition) is 1. The number of likely N-dealkylation sites (tertiary alicyclic amines) is 1. The molecule has 5 heteroatoms. The molecule has 1 aliphatic heterocycles. The van der Waals surface area contributed by atoms with Gasteiger partial charge in [-0.3, -0.25) is 9.59 Å². The summed E-state index contributed by atoms with van der Waals surface area (Å²) in [4.78, 5) is 26.8. The van der Waals surface area contributed by atoms with Crippen molar-refractivity contribution in [1.82, 2.24) is 10.2 Å². The normalized spacial score (nSPS) is 18.7. The second-order valence-corrected chi connectivity index (χ2v) is 8.30. The van der Waals surface area contributed by atoms with E-state index >= 15 is 0 Å². The number of nitrogens with one attached hydrogen (secondary N) is 1. The zero-order valence-corrected chi connectivity index (χ0v) is 17.3. The Kier molecular flexibility index (Phi) is 7.35. The zero-order chi connectivity index (χ0) is 19.9. The lowest BCUT2D eigenvalue weighted by Gasteiger charge is -2.33. The van der Waals surface area contributed by atoms with Crippen LogP contribution in [-0.2, 0) is 9.59 Å². The Bertz CT molecular complexity index is 674. The van der Waals surface area contributed by atoms with Gasteiger partial charge in [0.25, 0.3) is 0 Å². The van der Waals surface area contributed by atoms with Gasteiger partial charge in [-0.2, -0.15) is 0 Å². The molecule has 1 aromatic carbocycles. The molecule has 5 nitrogen and oxygen atoms in total. The van der Waals surface area contributed by atoms with Crippen LogP contribution >= 0.6 is 0 Å². The molecule has 154 valence electrons. The van der Waals surface area contributed by atoms with Gasteiger partial charge in [0.1, 0.15) is 5.75 Å². The molecule has 0 bridgehead atoms. The molecule has 1 saturated heterocycles. The molecule has 1 aromatic rings. The Morgan fingerprint density at radius 1 is 1.07 bits per heavy atom. The van der Waals surface area contributed by atoms with E-state index in [4.69, 9.17) is 4.74 Å². The monoisotopic (exact) mass is 386 g/mol. The molecule has 0 aromatic heterocycles. The maximum atomic E-state index is 12.5. The highest BCUT2D eigenvalue weighted by atomic mass is 16.5. The van der Waals surface area contributed by atoms with Crippen LogP contribution in [-0.4, -0.2) is 42.5 Å². The van der Waals surface area contributed by atoms with E-state index in [1.807, 2.05) is 24.0 Å². The molecular formula is C23H34N2O3. The molecule has 3 rings (SSSR count). The Morgan fingerprint density at radius 2 is 1.79 bits per heavy atom. The molecule has 2 aliphatic rings. The van der Waals surface area contributed by atoms with Gasteiger partial charge < -0.3 is 15.0 Å². The second-order valence-electron chi connectivity index (χ2n) is 8.30. The molecule has 1 N–H and O–H groups in total. The Balaban J connectivity index is 1.36. The van der Waals surface area contributed by atoms with Gasteiger partial charge in [0.2, 0.25) is 11.8 Å². The fraction of sp³-hybridized carbons (Fsp3) is 0.652. The number of carbonyl (C=O) groups excluding carboxylic acids is 2. The predicted molar refractivity (Wildman–Crippen MR) is 110 cm³/mol.